The van der Waals surface area contributed by atoms with Crippen LogP contribution in [0.5, 0.6) is 5.75 Å². The average Bonchev–Trinajstić information content (AvgIpc) is 3.03. The van der Waals surface area contributed by atoms with Crippen LogP contribution in [-0.2, 0) is 11.0 Å². The largest absolute Gasteiger partial charge is 0.494 e. The first-order valence-corrected chi connectivity index (χ1v) is 10.7. The van der Waals surface area contributed by atoms with Gasteiger partial charge >= 0.3 is 6.18 Å². The smallest absolute Gasteiger partial charge is 0.418 e. The van der Waals surface area contributed by atoms with Crippen molar-refractivity contribution < 1.29 is 22.7 Å². The van der Waals surface area contributed by atoms with Crippen molar-refractivity contribution >= 4 is 60.8 Å². The molecular weight excluding hydrogens is 477 g/mol. The van der Waals surface area contributed by atoms with Gasteiger partial charge in [-0.15, -0.1) is 11.3 Å². The summed E-state index contributed by atoms with van der Waals surface area (Å²) in [4.78, 5) is 16.6. The molecule has 0 saturated heterocycles. The molecule has 148 valence electrons. The number of carbonyl (C=O) groups excluding carboxylic acids is 1. The third-order valence-electron chi connectivity index (χ3n) is 3.54. The van der Waals surface area contributed by atoms with Gasteiger partial charge in [-0.1, -0.05) is 27.7 Å². The van der Waals surface area contributed by atoms with Crippen molar-refractivity contribution in [3.8, 4) is 5.75 Å². The number of carbonyl (C=O) groups is 1. The van der Waals surface area contributed by atoms with Gasteiger partial charge < -0.3 is 10.1 Å². The third kappa shape index (κ3) is 5.18. The van der Waals surface area contributed by atoms with E-state index in [2.05, 4.69) is 26.2 Å². The number of ether oxygens (including phenoxy) is 1. The number of nitrogens with one attached hydrogen (secondary N) is 1. The Morgan fingerprint density at radius 2 is 2.07 bits per heavy atom. The molecule has 1 heterocycles. The number of alkyl halides is 3. The Morgan fingerprint density at radius 1 is 1.29 bits per heavy atom. The van der Waals surface area contributed by atoms with Gasteiger partial charge in [-0.05, 0) is 43.3 Å². The van der Waals surface area contributed by atoms with E-state index in [0.29, 0.717) is 10.9 Å². The normalized spacial score (nSPS) is 11.6. The number of amides is 1. The molecule has 0 aliphatic heterocycles. The maximum atomic E-state index is 13.1. The Hall–Kier alpha value is -1.78. The topological polar surface area (TPSA) is 51.2 Å². The summed E-state index contributed by atoms with van der Waals surface area (Å²) in [6.45, 7) is 2.45. The van der Waals surface area contributed by atoms with E-state index in [9.17, 15) is 18.0 Å². The van der Waals surface area contributed by atoms with Crippen molar-refractivity contribution in [3.05, 3.63) is 46.4 Å². The lowest BCUT2D eigenvalue weighted by molar-refractivity contribution is -0.137. The van der Waals surface area contributed by atoms with Gasteiger partial charge in [-0.25, -0.2) is 4.98 Å². The quantitative estimate of drug-likeness (QED) is 0.417. The fourth-order valence-corrected chi connectivity index (χ4v) is 4.63. The van der Waals surface area contributed by atoms with Crippen molar-refractivity contribution in [2.45, 2.75) is 17.4 Å². The lowest BCUT2D eigenvalue weighted by Crippen LogP contribution is -2.18. The number of thioether (sulfide) groups is 1. The fraction of sp³-hybridized carbons (Fsp3) is 0.222. The lowest BCUT2D eigenvalue weighted by Gasteiger charge is -2.14. The lowest BCUT2D eigenvalue weighted by atomic mass is 10.1. The van der Waals surface area contributed by atoms with Crippen LogP contribution in [0.1, 0.15) is 12.5 Å². The summed E-state index contributed by atoms with van der Waals surface area (Å²) in [6.07, 6.45) is -4.56. The van der Waals surface area contributed by atoms with Crippen molar-refractivity contribution in [2.75, 3.05) is 17.7 Å². The number of rotatable bonds is 6. The average molecular weight is 491 g/mol. The number of nitrogens with zero attached hydrogens (tertiary/aromatic N) is 1. The second-order valence-electron chi connectivity index (χ2n) is 5.57. The molecule has 3 rings (SSSR count). The highest BCUT2D eigenvalue weighted by Crippen LogP contribution is 2.37. The highest BCUT2D eigenvalue weighted by atomic mass is 79.9. The number of aromatic nitrogens is 1. The molecule has 0 fully saturated rings. The van der Waals surface area contributed by atoms with E-state index in [4.69, 9.17) is 4.74 Å². The number of anilines is 1. The Labute approximate surface area is 175 Å². The van der Waals surface area contributed by atoms with Gasteiger partial charge in [0.1, 0.15) is 5.75 Å². The van der Waals surface area contributed by atoms with Crippen LogP contribution in [0.3, 0.4) is 0 Å². The SMILES string of the molecule is CCOc1ccc2nc(SCC(=O)Nc3ccc(Br)cc3C(F)(F)F)sc2c1. The van der Waals surface area contributed by atoms with E-state index in [1.807, 2.05) is 25.1 Å². The minimum absolute atomic E-state index is 0.0501. The minimum Gasteiger partial charge on any atom is -0.494 e. The number of hydrogen-bond acceptors (Lipinski definition) is 5. The molecule has 0 aliphatic rings. The number of benzene rings is 2. The van der Waals surface area contributed by atoms with Crippen LogP contribution < -0.4 is 10.1 Å². The predicted molar refractivity (Wildman–Crippen MR) is 109 cm³/mol. The van der Waals surface area contributed by atoms with Crippen LogP contribution in [0.15, 0.2) is 45.2 Å². The van der Waals surface area contributed by atoms with Crippen molar-refractivity contribution in [1.29, 1.82) is 0 Å². The third-order valence-corrected chi connectivity index (χ3v) is 6.19. The molecule has 28 heavy (non-hydrogen) atoms. The summed E-state index contributed by atoms with van der Waals surface area (Å²) < 4.78 is 46.7. The molecule has 0 bridgehead atoms. The molecule has 4 nitrogen and oxygen atoms in total. The van der Waals surface area contributed by atoms with E-state index in [0.717, 1.165) is 22.0 Å². The second-order valence-corrected chi connectivity index (χ2v) is 8.74. The molecule has 1 aromatic heterocycles. The first kappa shape index (κ1) is 20.9. The van der Waals surface area contributed by atoms with Gasteiger partial charge in [-0.3, -0.25) is 4.79 Å². The second kappa shape index (κ2) is 8.71. The van der Waals surface area contributed by atoms with Crippen LogP contribution in [0.25, 0.3) is 10.2 Å². The summed E-state index contributed by atoms with van der Waals surface area (Å²) in [5, 5.41) is 2.33. The monoisotopic (exact) mass is 490 g/mol. The summed E-state index contributed by atoms with van der Waals surface area (Å²) >= 11 is 5.59. The zero-order valence-electron chi connectivity index (χ0n) is 14.5. The Balaban J connectivity index is 1.67. The Kier molecular flexibility index (Phi) is 6.51. The van der Waals surface area contributed by atoms with Gasteiger partial charge in [0.05, 0.1) is 33.8 Å². The van der Waals surface area contributed by atoms with Gasteiger partial charge in [0, 0.05) is 4.47 Å². The van der Waals surface area contributed by atoms with Crippen LogP contribution in [-0.4, -0.2) is 23.3 Å². The van der Waals surface area contributed by atoms with Gasteiger partial charge in [0.2, 0.25) is 5.91 Å². The Morgan fingerprint density at radius 3 is 2.79 bits per heavy atom. The number of fused-ring (bicyclic) bond motifs is 1. The van der Waals surface area contributed by atoms with Gasteiger partial charge in [0.25, 0.3) is 0 Å². The summed E-state index contributed by atoms with van der Waals surface area (Å²) in [6, 6.07) is 9.13. The molecule has 0 atom stereocenters. The maximum absolute atomic E-state index is 13.1. The van der Waals surface area contributed by atoms with Crippen LogP contribution in [0, 0.1) is 0 Å². The summed E-state index contributed by atoms with van der Waals surface area (Å²) in [5.74, 6) is 0.154. The van der Waals surface area contributed by atoms with Crippen molar-refractivity contribution in [1.82, 2.24) is 4.98 Å². The first-order valence-electron chi connectivity index (χ1n) is 8.09. The van der Waals surface area contributed by atoms with Gasteiger partial charge in [0.15, 0.2) is 4.34 Å². The minimum atomic E-state index is -4.56. The first-order chi connectivity index (χ1) is 13.3. The molecule has 3 aromatic rings. The number of halogens is 4. The summed E-state index contributed by atoms with van der Waals surface area (Å²) in [5.41, 5.74) is -0.390. The molecule has 1 amide bonds. The molecule has 10 heteroatoms. The van der Waals surface area contributed by atoms with E-state index in [1.165, 1.54) is 35.2 Å². The molecule has 0 aliphatic carbocycles. The van der Waals surface area contributed by atoms with Crippen LogP contribution in [0.4, 0.5) is 18.9 Å². The maximum Gasteiger partial charge on any atom is 0.418 e. The van der Waals surface area contributed by atoms with E-state index in [1.54, 1.807) is 0 Å². The molecular formula is C18H14BrF3N2O2S2. The Bertz CT molecular complexity index is 1010. The predicted octanol–water partition coefficient (Wildman–Crippen LogP) is 6.21. The van der Waals surface area contributed by atoms with Crippen LogP contribution in [0.2, 0.25) is 0 Å². The number of hydrogen-bond donors (Lipinski definition) is 1. The van der Waals surface area contributed by atoms with E-state index >= 15 is 0 Å². The fourth-order valence-electron chi connectivity index (χ4n) is 2.38. The molecule has 0 spiro atoms. The highest BCUT2D eigenvalue weighted by molar-refractivity contribution is 9.10. The molecule has 0 saturated carbocycles. The zero-order chi connectivity index (χ0) is 20.3. The van der Waals surface area contributed by atoms with Crippen LogP contribution >= 0.6 is 39.0 Å². The molecule has 1 N–H and O–H groups in total. The zero-order valence-corrected chi connectivity index (χ0v) is 17.7. The highest BCUT2D eigenvalue weighted by Gasteiger charge is 2.34. The van der Waals surface area contributed by atoms with Crippen molar-refractivity contribution in [2.24, 2.45) is 0 Å². The van der Waals surface area contributed by atoms with E-state index in [-0.39, 0.29) is 15.9 Å². The number of thiazole rings is 1. The van der Waals surface area contributed by atoms with E-state index < -0.39 is 17.6 Å². The standard InChI is InChI=1S/C18H14BrF3N2O2S2/c1-2-26-11-4-6-14-15(8-11)28-17(24-14)27-9-16(25)23-13-5-3-10(19)7-12(13)18(20,21)22/h3-8H,2,9H2,1H3,(H,23,25). The summed E-state index contributed by atoms with van der Waals surface area (Å²) in [7, 11) is 0. The molecule has 2 aromatic carbocycles. The van der Waals surface area contributed by atoms with Crippen molar-refractivity contribution in [3.63, 3.8) is 0 Å². The van der Waals surface area contributed by atoms with Gasteiger partial charge in [-0.2, -0.15) is 13.2 Å². The molecule has 0 radical (unpaired) electrons. The molecule has 0 unspecified atom stereocenters.